The van der Waals surface area contributed by atoms with Crippen LogP contribution in [0.3, 0.4) is 0 Å². The minimum atomic E-state index is -4.97. The van der Waals surface area contributed by atoms with E-state index in [1.165, 1.54) is 38.5 Å². The number of hydrogen-bond acceptors (Lipinski definition) is 8. The number of benzene rings is 2. The first-order chi connectivity index (χ1) is 19.5. The molecule has 5 rings (SSSR count). The Morgan fingerprint density at radius 2 is 1.83 bits per heavy atom. The highest BCUT2D eigenvalue weighted by atomic mass is 35.5. The average Bonchev–Trinajstić information content (AvgIpc) is 3.54. The molecule has 1 atom stereocenters. The number of ether oxygens (including phenoxy) is 4. The number of hydrogen-bond donors (Lipinski definition) is 2. The number of aromatic hydroxyl groups is 1. The monoisotopic (exact) mass is 593 g/mol. The number of alkyl halides is 4. The second kappa shape index (κ2) is 10.2. The molecule has 10 nitrogen and oxygen atoms in total. The maximum atomic E-state index is 13.9. The van der Waals surface area contributed by atoms with Crippen LogP contribution in [-0.2, 0) is 10.9 Å². The van der Waals surface area contributed by atoms with Gasteiger partial charge in [-0.1, -0.05) is 0 Å². The second-order valence-corrected chi connectivity index (χ2v) is 9.45. The van der Waals surface area contributed by atoms with Gasteiger partial charge in [0.1, 0.15) is 17.1 Å². The van der Waals surface area contributed by atoms with E-state index in [4.69, 9.17) is 25.8 Å². The summed E-state index contributed by atoms with van der Waals surface area (Å²) in [5.74, 6) is -2.27. The van der Waals surface area contributed by atoms with E-state index in [2.05, 4.69) is 14.7 Å². The summed E-state index contributed by atoms with van der Waals surface area (Å²) in [5, 5.41) is 11.6. The number of pyridine rings is 1. The zero-order valence-corrected chi connectivity index (χ0v) is 22.9. The summed E-state index contributed by atoms with van der Waals surface area (Å²) in [4.78, 5) is 34.1. The molecule has 0 bridgehead atoms. The summed E-state index contributed by atoms with van der Waals surface area (Å²) in [6.07, 6.45) is -3.52. The molecule has 1 amide bonds. The third-order valence-corrected chi connectivity index (χ3v) is 7.40. The van der Waals surface area contributed by atoms with E-state index >= 15 is 0 Å². The number of esters is 1. The van der Waals surface area contributed by atoms with E-state index in [-0.39, 0.29) is 40.3 Å². The van der Waals surface area contributed by atoms with Crippen molar-refractivity contribution in [2.45, 2.75) is 12.1 Å². The van der Waals surface area contributed by atoms with Crippen molar-refractivity contribution in [3.05, 3.63) is 46.9 Å². The Bertz CT molecular complexity index is 1720. The average molecular weight is 594 g/mol. The van der Waals surface area contributed by atoms with Gasteiger partial charge >= 0.3 is 12.1 Å². The molecular weight excluding hydrogens is 571 g/mol. The predicted molar refractivity (Wildman–Crippen MR) is 143 cm³/mol. The van der Waals surface area contributed by atoms with Crippen LogP contribution < -0.4 is 19.1 Å². The number of rotatable bonds is 6. The fourth-order valence-electron chi connectivity index (χ4n) is 5.27. The van der Waals surface area contributed by atoms with Gasteiger partial charge in [0.05, 0.1) is 45.2 Å². The molecule has 1 aliphatic rings. The lowest BCUT2D eigenvalue weighted by molar-refractivity contribution is -0.141. The number of aromatic amines is 1. The van der Waals surface area contributed by atoms with Gasteiger partial charge in [0.2, 0.25) is 5.75 Å². The number of anilines is 1. The highest BCUT2D eigenvalue weighted by Gasteiger charge is 2.43. The number of amides is 1. The van der Waals surface area contributed by atoms with Gasteiger partial charge in [-0.15, -0.1) is 11.6 Å². The first-order valence-electron chi connectivity index (χ1n) is 12.0. The molecule has 0 radical (unpaired) electrons. The number of carbonyl (C=O) groups is 2. The molecule has 0 fully saturated rings. The summed E-state index contributed by atoms with van der Waals surface area (Å²) >= 11 is 6.23. The quantitative estimate of drug-likeness (QED) is 0.230. The summed E-state index contributed by atoms with van der Waals surface area (Å²) in [7, 11) is 5.28. The topological polar surface area (TPSA) is 123 Å². The molecule has 1 aliphatic heterocycles. The van der Waals surface area contributed by atoms with Crippen LogP contribution in [0.5, 0.6) is 23.0 Å². The molecule has 0 unspecified atom stereocenters. The van der Waals surface area contributed by atoms with Crippen molar-refractivity contribution in [3.8, 4) is 23.0 Å². The Kier molecular flexibility index (Phi) is 7.02. The molecule has 14 heteroatoms. The van der Waals surface area contributed by atoms with Crippen molar-refractivity contribution in [2.75, 3.05) is 45.8 Å². The standard InChI is InChI=1S/C27H23ClF3N3O7/c1-38-17-5-11-9-32-14(6-13(11)22(39-2)23(17)40-3)25(36)34-10-12(8-28)18-15(34)7-16(35)21-19(18)20(26(37)41-4)24(33-21)27(29,30)31/h5-7,9,12,33,35H,8,10H2,1-4H3/t12-/m1/s1. The number of phenols is 1. The van der Waals surface area contributed by atoms with Crippen LogP contribution >= 0.6 is 11.6 Å². The van der Waals surface area contributed by atoms with E-state index in [9.17, 15) is 27.9 Å². The van der Waals surface area contributed by atoms with Gasteiger partial charge in [-0.05, 0) is 17.7 Å². The third kappa shape index (κ3) is 4.31. The van der Waals surface area contributed by atoms with Crippen molar-refractivity contribution in [3.63, 3.8) is 0 Å². The number of nitrogens with one attached hydrogen (secondary N) is 1. The third-order valence-electron chi connectivity index (χ3n) is 7.02. The van der Waals surface area contributed by atoms with Gasteiger partial charge in [-0.2, -0.15) is 13.2 Å². The normalized spacial score (nSPS) is 14.8. The Labute approximate surface area is 235 Å². The Morgan fingerprint density at radius 1 is 1.12 bits per heavy atom. The van der Waals surface area contributed by atoms with Gasteiger partial charge in [0.15, 0.2) is 11.5 Å². The van der Waals surface area contributed by atoms with Crippen LogP contribution in [0.4, 0.5) is 18.9 Å². The molecule has 2 N–H and O–H groups in total. The van der Waals surface area contributed by atoms with Gasteiger partial charge < -0.3 is 33.9 Å². The van der Waals surface area contributed by atoms with E-state index < -0.39 is 41.0 Å². The van der Waals surface area contributed by atoms with Gasteiger partial charge in [0, 0.05) is 46.8 Å². The number of nitrogens with zero attached hydrogens (tertiary/aromatic N) is 2. The molecule has 2 aromatic carbocycles. The van der Waals surface area contributed by atoms with Gasteiger partial charge in [0.25, 0.3) is 5.91 Å². The van der Waals surface area contributed by atoms with Crippen LogP contribution in [-0.4, -0.2) is 67.8 Å². The smallest absolute Gasteiger partial charge is 0.432 e. The van der Waals surface area contributed by atoms with Crippen LogP contribution in [0.15, 0.2) is 24.4 Å². The minimum Gasteiger partial charge on any atom is -0.506 e. The number of phenolic OH excluding ortho intramolecular Hbond substituents is 1. The van der Waals surface area contributed by atoms with E-state index in [0.29, 0.717) is 28.0 Å². The Balaban J connectivity index is 1.71. The SMILES string of the molecule is COC(=O)c1c(C(F)(F)F)[nH]c2c(O)cc3c(c12)[C@H](CCl)CN3C(=O)c1cc2c(OC)c(OC)c(OC)cc2cn1. The molecule has 4 aromatic rings. The predicted octanol–water partition coefficient (Wildman–Crippen LogP) is 5.24. The van der Waals surface area contributed by atoms with Crippen LogP contribution in [0, 0.1) is 0 Å². The highest BCUT2D eigenvalue weighted by molar-refractivity contribution is 6.20. The molecule has 41 heavy (non-hydrogen) atoms. The summed E-state index contributed by atoms with van der Waals surface area (Å²) < 4.78 is 62.7. The maximum Gasteiger partial charge on any atom is 0.432 e. The van der Waals surface area contributed by atoms with Crippen molar-refractivity contribution in [2.24, 2.45) is 0 Å². The molecule has 0 saturated heterocycles. The molecule has 0 aliphatic carbocycles. The summed E-state index contributed by atoms with van der Waals surface area (Å²) in [6.45, 7) is -0.0495. The van der Waals surface area contributed by atoms with Crippen molar-refractivity contribution in [1.82, 2.24) is 9.97 Å². The van der Waals surface area contributed by atoms with E-state index in [1.54, 1.807) is 6.07 Å². The van der Waals surface area contributed by atoms with Crippen molar-refractivity contribution < 1.29 is 46.8 Å². The zero-order chi connectivity index (χ0) is 29.8. The molecule has 0 saturated carbocycles. The molecular formula is C27H23ClF3N3O7. The van der Waals surface area contributed by atoms with Crippen LogP contribution in [0.25, 0.3) is 21.7 Å². The Hall–Kier alpha value is -4.39. The summed E-state index contributed by atoms with van der Waals surface area (Å²) in [6, 6.07) is 4.32. The first-order valence-corrected chi connectivity index (χ1v) is 12.6. The van der Waals surface area contributed by atoms with E-state index in [0.717, 1.165) is 13.2 Å². The fraction of sp³-hybridized carbons (Fsp3) is 0.296. The number of methoxy groups -OCH3 is 4. The molecule has 2 aromatic heterocycles. The largest absolute Gasteiger partial charge is 0.506 e. The lowest BCUT2D eigenvalue weighted by atomic mass is 9.95. The molecule has 216 valence electrons. The lowest BCUT2D eigenvalue weighted by Crippen LogP contribution is -2.30. The van der Waals surface area contributed by atoms with Crippen LogP contribution in [0.1, 0.15) is 38.0 Å². The molecule has 0 spiro atoms. The van der Waals surface area contributed by atoms with Crippen molar-refractivity contribution in [1.29, 1.82) is 0 Å². The summed E-state index contributed by atoms with van der Waals surface area (Å²) in [5.41, 5.74) is -2.25. The Morgan fingerprint density at radius 3 is 2.41 bits per heavy atom. The van der Waals surface area contributed by atoms with Crippen LogP contribution in [0.2, 0.25) is 0 Å². The maximum absolute atomic E-state index is 13.9. The minimum absolute atomic E-state index is 0.0259. The lowest BCUT2D eigenvalue weighted by Gasteiger charge is -2.19. The van der Waals surface area contributed by atoms with E-state index in [1.807, 2.05) is 0 Å². The number of halogens is 4. The number of aromatic nitrogens is 2. The van der Waals surface area contributed by atoms with Gasteiger partial charge in [-0.3, -0.25) is 9.78 Å². The number of carbonyl (C=O) groups excluding carboxylic acids is 2. The second-order valence-electron chi connectivity index (χ2n) is 9.15. The number of fused-ring (bicyclic) bond motifs is 4. The van der Waals surface area contributed by atoms with Crippen molar-refractivity contribution >= 4 is 50.8 Å². The zero-order valence-electron chi connectivity index (χ0n) is 22.1. The molecule has 3 heterocycles. The highest BCUT2D eigenvalue weighted by Crippen LogP contribution is 2.49. The first kappa shape index (κ1) is 28.1. The van der Waals surface area contributed by atoms with Gasteiger partial charge in [-0.25, -0.2) is 4.79 Å². The number of H-pyrrole nitrogens is 1. The fourth-order valence-corrected chi connectivity index (χ4v) is 5.53.